The van der Waals surface area contributed by atoms with Crippen LogP contribution in [0.25, 0.3) is 11.1 Å². The number of carboxylic acids is 1. The van der Waals surface area contributed by atoms with Crippen LogP contribution in [0.3, 0.4) is 0 Å². The molecular weight excluding hydrogens is 432 g/mol. The van der Waals surface area contributed by atoms with E-state index in [0.29, 0.717) is 16.0 Å². The van der Waals surface area contributed by atoms with Crippen LogP contribution in [0.2, 0.25) is 0 Å². The van der Waals surface area contributed by atoms with E-state index in [1.807, 2.05) is 0 Å². The highest BCUT2D eigenvalue weighted by Crippen LogP contribution is 2.50. The van der Waals surface area contributed by atoms with Crippen LogP contribution in [-0.4, -0.2) is 59.3 Å². The van der Waals surface area contributed by atoms with Gasteiger partial charge in [-0.05, 0) is 23.3 Å². The van der Waals surface area contributed by atoms with Crippen molar-refractivity contribution in [2.75, 3.05) is 19.8 Å². The van der Waals surface area contributed by atoms with E-state index >= 15 is 0 Å². The lowest BCUT2D eigenvalue weighted by Crippen LogP contribution is -2.46. The minimum Gasteiger partial charge on any atom is -0.480 e. The summed E-state index contributed by atoms with van der Waals surface area (Å²) in [7, 11) is 0. The van der Waals surface area contributed by atoms with Gasteiger partial charge in [-0.25, -0.2) is 13.6 Å². The minimum absolute atomic E-state index is 0.121. The van der Waals surface area contributed by atoms with Crippen molar-refractivity contribution in [1.29, 1.82) is 0 Å². The summed E-state index contributed by atoms with van der Waals surface area (Å²) in [6.45, 7) is -2.89. The fourth-order valence-electron chi connectivity index (χ4n) is 4.19. The van der Waals surface area contributed by atoms with E-state index in [0.717, 1.165) is 6.07 Å². The first-order chi connectivity index (χ1) is 15.1. The molecule has 0 radical (unpaired) electrons. The average Bonchev–Trinajstić information content (AvgIpc) is 3.25. The Bertz CT molecular complexity index is 1120. The van der Waals surface area contributed by atoms with Crippen molar-refractivity contribution in [3.63, 3.8) is 0 Å². The van der Waals surface area contributed by atoms with Crippen LogP contribution in [0, 0.1) is 0 Å². The van der Waals surface area contributed by atoms with Gasteiger partial charge in [0.1, 0.15) is 12.7 Å². The van der Waals surface area contributed by atoms with Gasteiger partial charge in [0, 0.05) is 23.1 Å². The first-order valence-electron chi connectivity index (χ1n) is 9.75. The highest BCUT2D eigenvalue weighted by atomic mass is 19.3. The second kappa shape index (κ2) is 7.61. The maximum absolute atomic E-state index is 14.8. The van der Waals surface area contributed by atoms with Crippen LogP contribution in [0.5, 0.6) is 0 Å². The van der Waals surface area contributed by atoms with E-state index < -0.39 is 61.6 Å². The van der Waals surface area contributed by atoms with Crippen LogP contribution in [-0.2, 0) is 15.5 Å². The maximum Gasteiger partial charge on any atom is 0.326 e. The topological polar surface area (TPSA) is 86.7 Å². The molecule has 1 aliphatic carbocycles. The number of rotatable bonds is 5. The molecule has 0 aromatic heterocycles. The number of nitrogens with one attached hydrogen (secondary N) is 1. The third-order valence-electron chi connectivity index (χ3n) is 5.81. The fourth-order valence-corrected chi connectivity index (χ4v) is 4.19. The number of nitrogens with zero attached hydrogens (tertiary/aromatic N) is 1. The molecule has 10 heteroatoms. The monoisotopic (exact) mass is 450 g/mol. The molecule has 2 atom stereocenters. The Balaban J connectivity index is 1.48. The summed E-state index contributed by atoms with van der Waals surface area (Å²) in [4.78, 5) is 36.8. The van der Waals surface area contributed by atoms with Gasteiger partial charge in [-0.2, -0.15) is 8.78 Å². The molecule has 0 spiro atoms. The molecule has 1 heterocycles. The molecule has 6 nitrogen and oxygen atoms in total. The number of aliphatic carboxylic acids is 1. The molecule has 0 unspecified atom stereocenters. The molecule has 1 saturated heterocycles. The minimum atomic E-state index is -3.29. The number of halogens is 4. The van der Waals surface area contributed by atoms with Crippen molar-refractivity contribution in [1.82, 2.24) is 10.2 Å². The van der Waals surface area contributed by atoms with Gasteiger partial charge < -0.3 is 15.3 Å². The highest BCUT2D eigenvalue weighted by Gasteiger charge is 2.49. The van der Waals surface area contributed by atoms with Gasteiger partial charge in [-0.15, -0.1) is 0 Å². The van der Waals surface area contributed by atoms with Crippen molar-refractivity contribution in [2.45, 2.75) is 24.1 Å². The molecule has 32 heavy (non-hydrogen) atoms. The van der Waals surface area contributed by atoms with Crippen LogP contribution in [0.15, 0.2) is 42.5 Å². The first kappa shape index (κ1) is 21.8. The number of benzene rings is 2. The van der Waals surface area contributed by atoms with Gasteiger partial charge in [-0.1, -0.05) is 30.3 Å². The average molecular weight is 450 g/mol. The number of alkyl halides is 4. The lowest BCUT2D eigenvalue weighted by molar-refractivity contribution is -0.147. The smallest absolute Gasteiger partial charge is 0.326 e. The fraction of sp³-hybridized carbons (Fsp3) is 0.318. The standard InChI is InChI=1S/C22H18F4N2O4/c23-10-21(24)8-17(20(31)32)28(11-21)18(29)9-27-19(30)12-5-6-14-13-3-1-2-4-15(13)22(25,26)16(14)7-12/h1-7,17H,8-11H2,(H,27,30)(H,31,32)/t17-,21-/m0/s1. The molecule has 2 amide bonds. The van der Waals surface area contributed by atoms with E-state index in [2.05, 4.69) is 5.32 Å². The Morgan fingerprint density at radius 2 is 1.75 bits per heavy atom. The predicted molar refractivity (Wildman–Crippen MR) is 105 cm³/mol. The molecule has 4 rings (SSSR count). The quantitative estimate of drug-likeness (QED) is 0.686. The first-order valence-corrected chi connectivity index (χ1v) is 9.75. The number of hydrogen-bond donors (Lipinski definition) is 2. The molecule has 2 aliphatic rings. The van der Waals surface area contributed by atoms with Gasteiger partial charge >= 0.3 is 5.97 Å². The Morgan fingerprint density at radius 3 is 2.44 bits per heavy atom. The highest BCUT2D eigenvalue weighted by molar-refractivity contribution is 5.98. The Kier molecular flexibility index (Phi) is 5.18. The molecule has 2 aromatic carbocycles. The van der Waals surface area contributed by atoms with E-state index in [4.69, 9.17) is 0 Å². The number of likely N-dealkylation sites (tertiary alicyclic amines) is 1. The van der Waals surface area contributed by atoms with E-state index in [1.54, 1.807) is 12.1 Å². The summed E-state index contributed by atoms with van der Waals surface area (Å²) >= 11 is 0. The summed E-state index contributed by atoms with van der Waals surface area (Å²) in [5.41, 5.74) is -2.43. The van der Waals surface area contributed by atoms with Gasteiger partial charge in [-0.3, -0.25) is 9.59 Å². The molecule has 0 bridgehead atoms. The molecule has 1 fully saturated rings. The zero-order valence-corrected chi connectivity index (χ0v) is 16.6. The number of amides is 2. The second-order valence-corrected chi connectivity index (χ2v) is 7.93. The van der Waals surface area contributed by atoms with Gasteiger partial charge in [0.15, 0.2) is 5.67 Å². The largest absolute Gasteiger partial charge is 0.480 e. The lowest BCUT2D eigenvalue weighted by Gasteiger charge is -2.21. The van der Waals surface area contributed by atoms with Gasteiger partial charge in [0.05, 0.1) is 13.1 Å². The van der Waals surface area contributed by atoms with Gasteiger partial charge in [0.2, 0.25) is 5.91 Å². The third kappa shape index (κ3) is 3.49. The van der Waals surface area contributed by atoms with Crippen molar-refractivity contribution >= 4 is 17.8 Å². The van der Waals surface area contributed by atoms with E-state index in [1.165, 1.54) is 24.3 Å². The molecule has 2 N–H and O–H groups in total. The van der Waals surface area contributed by atoms with Crippen LogP contribution in [0.1, 0.15) is 27.9 Å². The van der Waals surface area contributed by atoms with Crippen LogP contribution >= 0.6 is 0 Å². The summed E-state index contributed by atoms with van der Waals surface area (Å²) in [6.07, 6.45) is -0.695. The Hall–Kier alpha value is -3.43. The number of carbonyl (C=O) groups excluding carboxylic acids is 2. The van der Waals surface area contributed by atoms with Crippen molar-refractivity contribution in [2.24, 2.45) is 0 Å². The van der Waals surface area contributed by atoms with Crippen LogP contribution in [0.4, 0.5) is 17.6 Å². The molecule has 168 valence electrons. The summed E-state index contributed by atoms with van der Waals surface area (Å²) < 4.78 is 56.8. The maximum atomic E-state index is 14.8. The zero-order valence-electron chi connectivity index (χ0n) is 16.6. The normalized spacial score (nSPS) is 22.9. The van der Waals surface area contributed by atoms with Crippen molar-refractivity contribution in [3.05, 3.63) is 59.2 Å². The predicted octanol–water partition coefficient (Wildman–Crippen LogP) is 2.90. The van der Waals surface area contributed by atoms with Crippen molar-refractivity contribution in [3.8, 4) is 11.1 Å². The number of hydrogen-bond acceptors (Lipinski definition) is 3. The third-order valence-corrected chi connectivity index (χ3v) is 5.81. The number of carboxylic acid groups (broad SMARTS) is 1. The lowest BCUT2D eigenvalue weighted by atomic mass is 10.0. The molecule has 0 saturated carbocycles. The zero-order chi connectivity index (χ0) is 23.3. The van der Waals surface area contributed by atoms with E-state index in [-0.39, 0.29) is 16.7 Å². The molecule has 2 aromatic rings. The number of carbonyl (C=O) groups is 3. The van der Waals surface area contributed by atoms with Crippen molar-refractivity contribution < 1.29 is 37.1 Å². The summed E-state index contributed by atoms with van der Waals surface area (Å²) in [5, 5.41) is 11.4. The summed E-state index contributed by atoms with van der Waals surface area (Å²) in [5.74, 6) is -6.54. The SMILES string of the molecule is O=C(NCC(=O)N1C[C@@](F)(CF)C[C@H]1C(=O)O)c1ccc2c(c1)C(F)(F)c1ccccc1-2. The Labute approximate surface area is 179 Å². The van der Waals surface area contributed by atoms with Gasteiger partial charge in [0.25, 0.3) is 11.8 Å². The Morgan fingerprint density at radius 1 is 1.06 bits per heavy atom. The molecular formula is C22H18F4N2O4. The van der Waals surface area contributed by atoms with Crippen LogP contribution < -0.4 is 5.32 Å². The summed E-state index contributed by atoms with van der Waals surface area (Å²) in [6, 6.07) is 8.21. The molecule has 1 aliphatic heterocycles. The number of fused-ring (bicyclic) bond motifs is 3. The second-order valence-electron chi connectivity index (χ2n) is 7.93. The van der Waals surface area contributed by atoms with E-state index in [9.17, 15) is 37.1 Å².